The second-order valence-electron chi connectivity index (χ2n) is 5.82. The molecule has 0 aromatic heterocycles. The highest BCUT2D eigenvalue weighted by molar-refractivity contribution is 4.95. The molecule has 2 unspecified atom stereocenters. The lowest BCUT2D eigenvalue weighted by molar-refractivity contribution is 0.0218. The van der Waals surface area contributed by atoms with Crippen molar-refractivity contribution in [2.24, 2.45) is 5.41 Å². The van der Waals surface area contributed by atoms with Gasteiger partial charge in [0.25, 0.3) is 0 Å². The van der Waals surface area contributed by atoms with Gasteiger partial charge in [0.15, 0.2) is 0 Å². The van der Waals surface area contributed by atoms with E-state index in [9.17, 15) is 5.11 Å². The van der Waals surface area contributed by atoms with Crippen molar-refractivity contribution in [2.45, 2.75) is 38.8 Å². The molecule has 0 radical (unpaired) electrons. The van der Waals surface area contributed by atoms with Crippen LogP contribution in [0.5, 0.6) is 0 Å². The summed E-state index contributed by atoms with van der Waals surface area (Å²) in [7, 11) is 6.30. The Labute approximate surface area is 94.1 Å². The molecule has 1 N–H and O–H groups in total. The van der Waals surface area contributed by atoms with E-state index in [2.05, 4.69) is 44.8 Å². The maximum atomic E-state index is 10.2. The molecule has 2 atom stereocenters. The third-order valence-electron chi connectivity index (χ3n) is 3.72. The fraction of sp³-hybridized carbons (Fsp3) is 1.00. The Kier molecular flexibility index (Phi) is 4.15. The molecular weight excluding hydrogens is 188 g/mol. The molecule has 0 bridgehead atoms. The number of hydrogen-bond donors (Lipinski definition) is 1. The summed E-state index contributed by atoms with van der Waals surface area (Å²) in [6.07, 6.45) is 2.08. The van der Waals surface area contributed by atoms with Gasteiger partial charge in [-0.1, -0.05) is 13.8 Å². The van der Waals surface area contributed by atoms with Gasteiger partial charge < -0.3 is 10.0 Å². The Morgan fingerprint density at radius 1 is 1.20 bits per heavy atom. The largest absolute Gasteiger partial charge is 0.391 e. The highest BCUT2D eigenvalue weighted by atomic mass is 16.3. The van der Waals surface area contributed by atoms with Crippen molar-refractivity contribution in [3.8, 4) is 0 Å². The second-order valence-corrected chi connectivity index (χ2v) is 5.82. The first-order valence-electron chi connectivity index (χ1n) is 5.87. The third-order valence-corrected chi connectivity index (χ3v) is 3.72. The van der Waals surface area contributed by atoms with Crippen LogP contribution in [-0.4, -0.2) is 61.3 Å². The van der Waals surface area contributed by atoms with E-state index in [1.165, 1.54) is 0 Å². The molecule has 0 heterocycles. The Balaban J connectivity index is 2.44. The monoisotopic (exact) mass is 214 g/mol. The highest BCUT2D eigenvalue weighted by Crippen LogP contribution is 2.39. The van der Waals surface area contributed by atoms with E-state index in [0.29, 0.717) is 6.04 Å². The minimum atomic E-state index is -0.176. The summed E-state index contributed by atoms with van der Waals surface area (Å²) in [6, 6.07) is 0.347. The maximum absolute atomic E-state index is 10.2. The summed E-state index contributed by atoms with van der Waals surface area (Å²) in [5, 5.41) is 10.2. The molecule has 1 rings (SSSR count). The lowest BCUT2D eigenvalue weighted by Crippen LogP contribution is -2.44. The number of nitrogens with zero attached hydrogens (tertiary/aromatic N) is 2. The number of likely N-dealkylation sites (N-methyl/N-ethyl adjacent to an activating group) is 2. The molecule has 0 aromatic rings. The zero-order valence-electron chi connectivity index (χ0n) is 10.8. The number of hydrogen-bond acceptors (Lipinski definition) is 3. The average Bonchev–Trinajstić information content (AvgIpc) is 2.39. The van der Waals surface area contributed by atoms with Gasteiger partial charge in [-0.15, -0.1) is 0 Å². The quantitative estimate of drug-likeness (QED) is 0.757. The molecular formula is C12H26N2O. The van der Waals surface area contributed by atoms with Crippen LogP contribution in [0.1, 0.15) is 26.7 Å². The molecule has 1 saturated carbocycles. The summed E-state index contributed by atoms with van der Waals surface area (Å²) in [5.74, 6) is 0. The van der Waals surface area contributed by atoms with Crippen LogP contribution in [0, 0.1) is 5.41 Å². The smallest absolute Gasteiger partial charge is 0.0746 e. The molecule has 1 aliphatic rings. The van der Waals surface area contributed by atoms with Gasteiger partial charge in [-0.05, 0) is 39.4 Å². The van der Waals surface area contributed by atoms with E-state index in [4.69, 9.17) is 0 Å². The summed E-state index contributed by atoms with van der Waals surface area (Å²) >= 11 is 0. The first-order chi connectivity index (χ1) is 6.84. The standard InChI is InChI=1S/C12H26N2O/c1-12(2)7-6-10(11(12)15)14(5)9-8-13(3)4/h10-11,15H,6-9H2,1-5H3. The van der Waals surface area contributed by atoms with Gasteiger partial charge in [-0.2, -0.15) is 0 Å². The molecule has 3 nitrogen and oxygen atoms in total. The molecule has 0 aromatic carbocycles. The predicted octanol–water partition coefficient (Wildman–Crippen LogP) is 1.03. The third kappa shape index (κ3) is 3.16. The minimum Gasteiger partial charge on any atom is -0.391 e. The molecule has 15 heavy (non-hydrogen) atoms. The van der Waals surface area contributed by atoms with Crippen molar-refractivity contribution < 1.29 is 5.11 Å². The van der Waals surface area contributed by atoms with Crippen LogP contribution in [-0.2, 0) is 0 Å². The van der Waals surface area contributed by atoms with Gasteiger partial charge in [0.05, 0.1) is 6.10 Å². The van der Waals surface area contributed by atoms with Gasteiger partial charge in [-0.25, -0.2) is 0 Å². The van der Waals surface area contributed by atoms with Crippen molar-refractivity contribution in [1.29, 1.82) is 0 Å². The maximum Gasteiger partial charge on any atom is 0.0746 e. The van der Waals surface area contributed by atoms with Gasteiger partial charge in [0.1, 0.15) is 0 Å². The molecule has 0 aliphatic heterocycles. The van der Waals surface area contributed by atoms with Crippen LogP contribution >= 0.6 is 0 Å². The van der Waals surface area contributed by atoms with Gasteiger partial charge in [-0.3, -0.25) is 4.90 Å². The molecule has 1 fully saturated rings. The van der Waals surface area contributed by atoms with Gasteiger partial charge in [0.2, 0.25) is 0 Å². The SMILES string of the molecule is CN(C)CCN(C)C1CCC(C)(C)C1O. The molecule has 1 aliphatic carbocycles. The Hall–Kier alpha value is -0.120. The number of aliphatic hydroxyl groups excluding tert-OH is 1. The first-order valence-corrected chi connectivity index (χ1v) is 5.87. The van der Waals surface area contributed by atoms with Crippen molar-refractivity contribution in [1.82, 2.24) is 9.80 Å². The highest BCUT2D eigenvalue weighted by Gasteiger charge is 2.42. The Morgan fingerprint density at radius 3 is 2.20 bits per heavy atom. The second kappa shape index (κ2) is 4.81. The van der Waals surface area contributed by atoms with Crippen LogP contribution < -0.4 is 0 Å². The summed E-state index contributed by atoms with van der Waals surface area (Å²) in [5.41, 5.74) is 0.0943. The van der Waals surface area contributed by atoms with Crippen molar-refractivity contribution in [3.63, 3.8) is 0 Å². The molecule has 3 heteroatoms. The zero-order valence-corrected chi connectivity index (χ0v) is 10.8. The summed E-state index contributed by atoms with van der Waals surface area (Å²) in [4.78, 5) is 4.49. The minimum absolute atomic E-state index is 0.0943. The molecule has 0 amide bonds. The Morgan fingerprint density at radius 2 is 1.80 bits per heavy atom. The van der Waals surface area contributed by atoms with Crippen LogP contribution in [0.3, 0.4) is 0 Å². The van der Waals surface area contributed by atoms with E-state index in [-0.39, 0.29) is 11.5 Å². The van der Waals surface area contributed by atoms with Crippen molar-refractivity contribution in [2.75, 3.05) is 34.2 Å². The normalized spacial score (nSPS) is 30.4. The Bertz CT molecular complexity index is 204. The van der Waals surface area contributed by atoms with E-state index in [1.807, 2.05) is 0 Å². The lowest BCUT2D eigenvalue weighted by atomic mass is 9.89. The van der Waals surface area contributed by atoms with Crippen LogP contribution in [0.25, 0.3) is 0 Å². The van der Waals surface area contributed by atoms with Crippen LogP contribution in [0.15, 0.2) is 0 Å². The van der Waals surface area contributed by atoms with Crippen LogP contribution in [0.2, 0.25) is 0 Å². The molecule has 90 valence electrons. The summed E-state index contributed by atoms with van der Waals surface area (Å²) < 4.78 is 0. The van der Waals surface area contributed by atoms with Crippen molar-refractivity contribution >= 4 is 0 Å². The number of rotatable bonds is 4. The summed E-state index contributed by atoms with van der Waals surface area (Å²) in [6.45, 7) is 6.42. The van der Waals surface area contributed by atoms with Gasteiger partial charge >= 0.3 is 0 Å². The van der Waals surface area contributed by atoms with E-state index in [0.717, 1.165) is 25.9 Å². The fourth-order valence-electron chi connectivity index (χ4n) is 2.33. The average molecular weight is 214 g/mol. The fourth-order valence-corrected chi connectivity index (χ4v) is 2.33. The zero-order chi connectivity index (χ0) is 11.6. The lowest BCUT2D eigenvalue weighted by Gasteiger charge is -2.32. The van der Waals surface area contributed by atoms with E-state index < -0.39 is 0 Å². The predicted molar refractivity (Wildman–Crippen MR) is 64.0 cm³/mol. The molecule has 0 saturated heterocycles. The number of aliphatic hydroxyl groups is 1. The van der Waals surface area contributed by atoms with E-state index in [1.54, 1.807) is 0 Å². The molecule has 0 spiro atoms. The topological polar surface area (TPSA) is 26.7 Å². The van der Waals surface area contributed by atoms with E-state index >= 15 is 0 Å². The van der Waals surface area contributed by atoms with Gasteiger partial charge in [0, 0.05) is 19.1 Å². The van der Waals surface area contributed by atoms with Crippen LogP contribution in [0.4, 0.5) is 0 Å². The first kappa shape index (κ1) is 12.9. The van der Waals surface area contributed by atoms with Crippen molar-refractivity contribution in [3.05, 3.63) is 0 Å².